The second kappa shape index (κ2) is 11.1. The summed E-state index contributed by atoms with van der Waals surface area (Å²) >= 11 is 1.09. The van der Waals surface area contributed by atoms with Gasteiger partial charge in [-0.1, -0.05) is 18.2 Å². The number of ether oxygens (including phenoxy) is 1. The lowest BCUT2D eigenvalue weighted by molar-refractivity contribution is -0.138. The quantitative estimate of drug-likeness (QED) is 0.233. The van der Waals surface area contributed by atoms with E-state index in [4.69, 9.17) is 10.5 Å². The van der Waals surface area contributed by atoms with Gasteiger partial charge in [0.15, 0.2) is 11.6 Å². The maximum absolute atomic E-state index is 15.5. The molecule has 220 valence electrons. The van der Waals surface area contributed by atoms with E-state index in [0.717, 1.165) is 42.1 Å². The van der Waals surface area contributed by atoms with Crippen LogP contribution in [0.3, 0.4) is 0 Å². The molecule has 0 amide bonds. The predicted octanol–water partition coefficient (Wildman–Crippen LogP) is 7.35. The van der Waals surface area contributed by atoms with E-state index in [-0.39, 0.29) is 44.3 Å². The number of fused-ring (bicyclic) bond motifs is 1. The Balaban J connectivity index is 1.79. The molecule has 0 spiro atoms. The van der Waals surface area contributed by atoms with Crippen LogP contribution in [0, 0.1) is 30.2 Å². The van der Waals surface area contributed by atoms with Crippen LogP contribution in [0.25, 0.3) is 11.1 Å². The molecule has 0 saturated carbocycles. The minimum absolute atomic E-state index is 0.0440. The second-order valence-corrected chi connectivity index (χ2v) is 10.8. The Morgan fingerprint density at radius 3 is 2.33 bits per heavy atom. The lowest BCUT2D eigenvalue weighted by Crippen LogP contribution is -2.33. The molecule has 0 radical (unpaired) electrons. The highest BCUT2D eigenvalue weighted by molar-refractivity contribution is 7.99. The van der Waals surface area contributed by atoms with Crippen LogP contribution in [0.4, 0.5) is 30.7 Å². The molecule has 42 heavy (non-hydrogen) atoms. The van der Waals surface area contributed by atoms with Crippen molar-refractivity contribution in [1.82, 2.24) is 4.57 Å². The van der Waals surface area contributed by atoms with Gasteiger partial charge in [0.25, 0.3) is 5.56 Å². The van der Waals surface area contributed by atoms with Gasteiger partial charge in [0.2, 0.25) is 0 Å². The van der Waals surface area contributed by atoms with E-state index < -0.39 is 64.6 Å². The molecular weight excluding hydrogens is 585 g/mol. The number of hydrogen-bond donors (Lipinski definition) is 1. The van der Waals surface area contributed by atoms with Crippen LogP contribution in [0.2, 0.25) is 0 Å². The van der Waals surface area contributed by atoms with Crippen LogP contribution in [0.15, 0.2) is 64.4 Å². The number of rotatable bonds is 6. The van der Waals surface area contributed by atoms with Crippen LogP contribution in [0.1, 0.15) is 39.9 Å². The van der Waals surface area contributed by atoms with Crippen LogP contribution < -0.4 is 16.0 Å². The highest BCUT2D eigenvalue weighted by Crippen LogP contribution is 2.45. The van der Waals surface area contributed by atoms with Crippen molar-refractivity contribution >= 4 is 11.8 Å². The average molecular weight is 609 g/mol. The monoisotopic (exact) mass is 608 g/mol. The van der Waals surface area contributed by atoms with Crippen LogP contribution >= 0.6 is 11.8 Å². The molecule has 0 bridgehead atoms. The Kier molecular flexibility index (Phi) is 7.88. The zero-order valence-electron chi connectivity index (χ0n) is 22.2. The third-order valence-corrected chi connectivity index (χ3v) is 8.60. The van der Waals surface area contributed by atoms with Crippen molar-refractivity contribution in [3.8, 4) is 16.9 Å². The summed E-state index contributed by atoms with van der Waals surface area (Å²) in [5.41, 5.74) is 3.86. The number of aromatic nitrogens is 1. The standard InChI is InChI=1S/C30H23F7N2O2S/c1-14-19(12-20-21(30(35,36)37)6-4-7-22(20)33)29-39(28(40)25(14)18-5-3-8-24(41-2)26(18)34)23(13-42-29)27(38)15-9-16(31)11-17(32)10-15/h3-11,23,27H,12-13,38H2,1-2H3. The summed E-state index contributed by atoms with van der Waals surface area (Å²) in [6.45, 7) is 1.45. The van der Waals surface area contributed by atoms with Gasteiger partial charge in [-0.05, 0) is 53.9 Å². The van der Waals surface area contributed by atoms with E-state index in [0.29, 0.717) is 6.07 Å². The van der Waals surface area contributed by atoms with Gasteiger partial charge >= 0.3 is 6.18 Å². The summed E-state index contributed by atoms with van der Waals surface area (Å²) in [5.74, 6) is -3.83. The zero-order valence-corrected chi connectivity index (χ0v) is 23.0. The van der Waals surface area contributed by atoms with E-state index in [2.05, 4.69) is 0 Å². The Hall–Kier alpha value is -3.77. The van der Waals surface area contributed by atoms with Crippen molar-refractivity contribution in [2.45, 2.75) is 36.6 Å². The molecular formula is C30H23F7N2O2S. The van der Waals surface area contributed by atoms with E-state index in [1.807, 2.05) is 0 Å². The Labute approximate surface area is 239 Å². The topological polar surface area (TPSA) is 57.2 Å². The number of nitrogens with two attached hydrogens (primary N) is 1. The number of alkyl halides is 3. The lowest BCUT2D eigenvalue weighted by atomic mass is 9.91. The van der Waals surface area contributed by atoms with Gasteiger partial charge in [0, 0.05) is 29.4 Å². The van der Waals surface area contributed by atoms with E-state index in [9.17, 15) is 31.1 Å². The molecule has 4 nitrogen and oxygen atoms in total. The van der Waals surface area contributed by atoms with E-state index in [1.165, 1.54) is 36.8 Å². The van der Waals surface area contributed by atoms with E-state index >= 15 is 4.39 Å². The Bertz CT molecular complexity index is 1730. The van der Waals surface area contributed by atoms with Crippen molar-refractivity contribution in [2.75, 3.05) is 12.9 Å². The van der Waals surface area contributed by atoms with Crippen molar-refractivity contribution in [2.24, 2.45) is 5.73 Å². The Morgan fingerprint density at radius 1 is 1.02 bits per heavy atom. The first-order valence-corrected chi connectivity index (χ1v) is 13.6. The fraction of sp³-hybridized carbons (Fsp3) is 0.233. The third-order valence-electron chi connectivity index (χ3n) is 7.37. The Morgan fingerprint density at radius 2 is 1.69 bits per heavy atom. The van der Waals surface area contributed by atoms with Crippen molar-refractivity contribution in [3.05, 3.63) is 116 Å². The van der Waals surface area contributed by atoms with Crippen LogP contribution in [-0.2, 0) is 12.6 Å². The number of methoxy groups -OCH3 is 1. The summed E-state index contributed by atoms with van der Waals surface area (Å²) < 4.78 is 107. The first-order valence-electron chi connectivity index (χ1n) is 12.6. The van der Waals surface area contributed by atoms with Crippen molar-refractivity contribution in [3.63, 3.8) is 0 Å². The summed E-state index contributed by atoms with van der Waals surface area (Å²) in [4.78, 5) is 14.1. The lowest BCUT2D eigenvalue weighted by Gasteiger charge is -2.25. The molecule has 12 heteroatoms. The molecule has 1 aliphatic rings. The molecule has 2 heterocycles. The molecule has 2 unspecified atom stereocenters. The van der Waals surface area contributed by atoms with Gasteiger partial charge in [-0.3, -0.25) is 9.36 Å². The number of nitrogens with zero attached hydrogens (tertiary/aromatic N) is 1. The molecule has 5 rings (SSSR count). The second-order valence-electron chi connectivity index (χ2n) is 9.83. The fourth-order valence-electron chi connectivity index (χ4n) is 5.35. The highest BCUT2D eigenvalue weighted by Gasteiger charge is 2.38. The molecule has 1 aliphatic heterocycles. The summed E-state index contributed by atoms with van der Waals surface area (Å²) in [5, 5.41) is 0.207. The van der Waals surface area contributed by atoms with Gasteiger partial charge in [-0.15, -0.1) is 11.8 Å². The molecule has 2 N–H and O–H groups in total. The van der Waals surface area contributed by atoms with Gasteiger partial charge in [0.05, 0.1) is 35.3 Å². The molecule has 3 aromatic carbocycles. The molecule has 0 saturated heterocycles. The first-order chi connectivity index (χ1) is 19.8. The van der Waals surface area contributed by atoms with Gasteiger partial charge in [-0.25, -0.2) is 17.6 Å². The largest absolute Gasteiger partial charge is 0.494 e. The fourth-order valence-corrected chi connectivity index (χ4v) is 6.79. The summed E-state index contributed by atoms with van der Waals surface area (Å²) in [6.07, 6.45) is -5.45. The minimum Gasteiger partial charge on any atom is -0.494 e. The summed E-state index contributed by atoms with van der Waals surface area (Å²) in [6, 6.07) is 7.38. The summed E-state index contributed by atoms with van der Waals surface area (Å²) in [7, 11) is 1.23. The number of thioether (sulfide) groups is 1. The van der Waals surface area contributed by atoms with Gasteiger partial charge in [-0.2, -0.15) is 13.2 Å². The van der Waals surface area contributed by atoms with Crippen molar-refractivity contribution < 1.29 is 35.5 Å². The molecule has 0 fully saturated rings. The maximum Gasteiger partial charge on any atom is 0.416 e. The third kappa shape index (κ3) is 5.17. The molecule has 1 aromatic heterocycles. The smallest absolute Gasteiger partial charge is 0.416 e. The number of benzene rings is 3. The molecule has 4 aromatic rings. The molecule has 0 aliphatic carbocycles. The average Bonchev–Trinajstić information content (AvgIpc) is 3.36. The number of hydrogen-bond acceptors (Lipinski definition) is 4. The highest BCUT2D eigenvalue weighted by atomic mass is 32.2. The van der Waals surface area contributed by atoms with Crippen LogP contribution in [0.5, 0.6) is 5.75 Å². The SMILES string of the molecule is COc1cccc(-c2c(C)c(Cc3c(F)cccc3C(F)(F)F)c3n(c2=O)C(C(N)c2cc(F)cc(F)c2)CS3)c1F. The van der Waals surface area contributed by atoms with Gasteiger partial charge in [0.1, 0.15) is 17.5 Å². The first kappa shape index (κ1) is 29.7. The van der Waals surface area contributed by atoms with Gasteiger partial charge < -0.3 is 10.5 Å². The zero-order chi connectivity index (χ0) is 30.5. The normalized spacial score (nSPS) is 15.5. The number of pyridine rings is 1. The number of halogens is 7. The maximum atomic E-state index is 15.5. The van der Waals surface area contributed by atoms with Crippen molar-refractivity contribution in [1.29, 1.82) is 0 Å². The minimum atomic E-state index is -4.87. The predicted molar refractivity (Wildman–Crippen MR) is 145 cm³/mol. The molecule has 2 atom stereocenters. The van der Waals surface area contributed by atoms with E-state index in [1.54, 1.807) is 0 Å². The van der Waals surface area contributed by atoms with Crippen LogP contribution in [-0.4, -0.2) is 17.4 Å².